The molecule has 0 radical (unpaired) electrons. The number of hydrogen-bond acceptors (Lipinski definition) is 0. The maximum absolute atomic E-state index is 2.59. The van der Waals surface area contributed by atoms with E-state index >= 15 is 0 Å². The van der Waals surface area contributed by atoms with Crippen LogP contribution in [0.15, 0.2) is 158 Å². The molecule has 0 unspecified atom stereocenters. The maximum Gasteiger partial charge on any atom is 0.0634 e. The van der Waals surface area contributed by atoms with Crippen LogP contribution in [0.3, 0.4) is 0 Å². The van der Waals surface area contributed by atoms with E-state index in [1.165, 1.54) is 121 Å². The minimum Gasteiger partial charge on any atom is -0.308 e. The number of rotatable bonds is 3. The Labute approximate surface area is 338 Å². The molecule has 0 atom stereocenters. The van der Waals surface area contributed by atoms with Gasteiger partial charge in [-0.25, -0.2) is 0 Å². The minimum absolute atomic E-state index is 0.0974. The molecule has 4 heterocycles. The Kier molecular flexibility index (Phi) is 6.63. The maximum atomic E-state index is 2.59. The second kappa shape index (κ2) is 11.5. The second-order valence-corrected chi connectivity index (χ2v) is 18.6. The fraction of sp³-hybridized carbons (Fsp3) is 0.143. The van der Waals surface area contributed by atoms with Crippen molar-refractivity contribution in [3.8, 4) is 33.4 Å². The van der Waals surface area contributed by atoms with Gasteiger partial charge < -0.3 is 8.80 Å². The Hall–Kier alpha value is -6.64. The predicted molar refractivity (Wildman–Crippen MR) is 249 cm³/mol. The summed E-state index contributed by atoms with van der Waals surface area (Å²) in [5, 5.41) is 10.6. The van der Waals surface area contributed by atoms with Gasteiger partial charge in [0.05, 0.1) is 33.1 Å². The molecule has 0 aliphatic rings. The summed E-state index contributed by atoms with van der Waals surface area (Å²) < 4.78 is 5.17. The van der Waals surface area contributed by atoms with Crippen molar-refractivity contribution in [3.63, 3.8) is 0 Å². The van der Waals surface area contributed by atoms with E-state index in [0.717, 1.165) is 0 Å². The fourth-order valence-corrected chi connectivity index (χ4v) is 10.2. The summed E-state index contributed by atoms with van der Waals surface area (Å²) >= 11 is 0. The van der Waals surface area contributed by atoms with Gasteiger partial charge in [0.15, 0.2) is 0 Å². The third kappa shape index (κ3) is 4.49. The van der Waals surface area contributed by atoms with E-state index in [0.29, 0.717) is 0 Å². The molecule has 0 bridgehead atoms. The molecule has 4 aromatic heterocycles. The van der Waals surface area contributed by atoms with Crippen LogP contribution in [-0.2, 0) is 10.8 Å². The topological polar surface area (TPSA) is 8.82 Å². The molecule has 2 heteroatoms. The fourth-order valence-electron chi connectivity index (χ4n) is 10.2. The Morgan fingerprint density at radius 3 is 1.38 bits per heavy atom. The van der Waals surface area contributed by atoms with E-state index in [-0.39, 0.29) is 10.8 Å². The van der Waals surface area contributed by atoms with Gasteiger partial charge in [0, 0.05) is 48.7 Å². The molecular weight excluding hydrogens is 701 g/mol. The highest BCUT2D eigenvalue weighted by molar-refractivity contribution is 6.45. The third-order valence-electron chi connectivity index (χ3n) is 13.1. The first-order valence-corrected chi connectivity index (χ1v) is 20.7. The summed E-state index contributed by atoms with van der Waals surface area (Å²) in [6, 6.07) is 59.7. The molecule has 12 rings (SSSR count). The van der Waals surface area contributed by atoms with Crippen LogP contribution in [0.25, 0.3) is 110 Å². The number of nitrogens with zero attached hydrogens (tertiary/aromatic N) is 2. The largest absolute Gasteiger partial charge is 0.308 e. The molecule has 0 aliphatic carbocycles. The third-order valence-corrected chi connectivity index (χ3v) is 13.1. The van der Waals surface area contributed by atoms with Crippen molar-refractivity contribution in [1.29, 1.82) is 0 Å². The average Bonchev–Trinajstić information content (AvgIpc) is 3.96. The van der Waals surface area contributed by atoms with Gasteiger partial charge in [0.25, 0.3) is 0 Å². The number of para-hydroxylation sites is 3. The highest BCUT2D eigenvalue weighted by atomic mass is 14.9. The van der Waals surface area contributed by atoms with Gasteiger partial charge in [-0.3, -0.25) is 0 Å². The van der Waals surface area contributed by atoms with Crippen LogP contribution in [0.1, 0.15) is 52.7 Å². The molecule has 0 aliphatic heterocycles. The van der Waals surface area contributed by atoms with Crippen LogP contribution < -0.4 is 0 Å². The molecule has 0 amide bonds. The number of fused-ring (bicyclic) bond motifs is 14. The summed E-state index contributed by atoms with van der Waals surface area (Å²) in [5.74, 6) is 0. The van der Waals surface area contributed by atoms with Crippen molar-refractivity contribution in [2.75, 3.05) is 0 Å². The van der Waals surface area contributed by atoms with E-state index in [9.17, 15) is 0 Å². The van der Waals surface area contributed by atoms with Gasteiger partial charge in [-0.2, -0.15) is 0 Å². The highest BCUT2D eigenvalue weighted by Crippen LogP contribution is 2.53. The lowest BCUT2D eigenvalue weighted by Crippen LogP contribution is -2.10. The van der Waals surface area contributed by atoms with Crippen molar-refractivity contribution >= 4 is 76.2 Å². The first-order valence-electron chi connectivity index (χ1n) is 20.7. The van der Waals surface area contributed by atoms with Gasteiger partial charge in [-0.1, -0.05) is 175 Å². The predicted octanol–water partition coefficient (Wildman–Crippen LogP) is 15.6. The zero-order valence-corrected chi connectivity index (χ0v) is 33.9. The number of hydrogen-bond donors (Lipinski definition) is 0. The normalized spacial score (nSPS) is 13.0. The van der Waals surface area contributed by atoms with Crippen LogP contribution in [0.2, 0.25) is 0 Å². The summed E-state index contributed by atoms with van der Waals surface area (Å²) in [6.45, 7) is 13.7. The zero-order chi connectivity index (χ0) is 39.2. The lowest BCUT2D eigenvalue weighted by molar-refractivity contribution is 0.590. The van der Waals surface area contributed by atoms with Crippen LogP contribution in [0.5, 0.6) is 0 Å². The Bertz CT molecular complexity index is 3600. The van der Waals surface area contributed by atoms with Crippen LogP contribution in [0.4, 0.5) is 0 Å². The molecule has 8 aromatic carbocycles. The first-order chi connectivity index (χ1) is 28.1. The Balaban J connectivity index is 1.17. The van der Waals surface area contributed by atoms with E-state index in [2.05, 4.69) is 208 Å². The zero-order valence-electron chi connectivity index (χ0n) is 33.9. The minimum atomic E-state index is 0.0974. The molecule has 0 N–H and O–H groups in total. The lowest BCUT2D eigenvalue weighted by Gasteiger charge is -2.19. The van der Waals surface area contributed by atoms with E-state index < -0.39 is 0 Å². The van der Waals surface area contributed by atoms with E-state index in [1.54, 1.807) is 0 Å². The SMILES string of the molecule is CC(C)(C)c1ccc(-c2cccc(-c3ccc4c5c6c7ccccc7n7c8c(-c9ccc(C(C)(C)C)cc9)cccc8c(c8c9ccccc9n(c4c3)c58)c67)c2)cc1. The smallest absolute Gasteiger partial charge is 0.0634 e. The molecule has 12 aromatic rings. The van der Waals surface area contributed by atoms with Gasteiger partial charge in [0.2, 0.25) is 0 Å². The van der Waals surface area contributed by atoms with Crippen molar-refractivity contribution in [2.24, 2.45) is 0 Å². The average molecular weight is 745 g/mol. The number of aromatic nitrogens is 2. The van der Waals surface area contributed by atoms with E-state index in [4.69, 9.17) is 0 Å². The molecular formula is C56H44N2. The van der Waals surface area contributed by atoms with Crippen molar-refractivity contribution in [1.82, 2.24) is 8.80 Å². The van der Waals surface area contributed by atoms with Gasteiger partial charge >= 0.3 is 0 Å². The molecule has 0 spiro atoms. The van der Waals surface area contributed by atoms with Crippen molar-refractivity contribution in [2.45, 2.75) is 52.4 Å². The van der Waals surface area contributed by atoms with Gasteiger partial charge in [-0.15, -0.1) is 0 Å². The molecule has 0 fully saturated rings. The molecule has 0 saturated carbocycles. The van der Waals surface area contributed by atoms with Crippen LogP contribution in [0, 0.1) is 0 Å². The summed E-state index contributed by atoms with van der Waals surface area (Å²) in [6.07, 6.45) is 0. The van der Waals surface area contributed by atoms with Gasteiger partial charge in [0.1, 0.15) is 0 Å². The van der Waals surface area contributed by atoms with Crippen molar-refractivity contribution in [3.05, 3.63) is 169 Å². The highest BCUT2D eigenvalue weighted by Gasteiger charge is 2.29. The van der Waals surface area contributed by atoms with E-state index in [1.807, 2.05) is 0 Å². The Morgan fingerprint density at radius 1 is 0.310 bits per heavy atom. The van der Waals surface area contributed by atoms with Gasteiger partial charge in [-0.05, 0) is 74.0 Å². The molecule has 278 valence electrons. The van der Waals surface area contributed by atoms with Crippen LogP contribution >= 0.6 is 0 Å². The molecule has 2 nitrogen and oxygen atoms in total. The second-order valence-electron chi connectivity index (χ2n) is 18.6. The standard InChI is InChI=1S/C56H44N2/c1-55(2,3)38-26-21-33(22-27-38)35-13-11-14-36(31-35)37-25-30-43-47(32-37)57-45-19-9-7-15-41(45)49-51-44-18-12-17-40(34-23-28-39(29-24-34)56(4,5)6)52(44)58-46-20-10-8-16-42(46)48(54(51)58)50(43)53(49)57/h7-32H,1-6H3. The van der Waals surface area contributed by atoms with Crippen molar-refractivity contribution < 1.29 is 0 Å². The number of benzene rings is 8. The summed E-state index contributed by atoms with van der Waals surface area (Å²) in [7, 11) is 0. The summed E-state index contributed by atoms with van der Waals surface area (Å²) in [4.78, 5) is 0. The first kappa shape index (κ1) is 33.5. The molecule has 0 saturated heterocycles. The molecule has 58 heavy (non-hydrogen) atoms. The monoisotopic (exact) mass is 744 g/mol. The quantitative estimate of drug-likeness (QED) is 0.170. The summed E-state index contributed by atoms with van der Waals surface area (Å²) in [5.41, 5.74) is 18.1. The Morgan fingerprint density at radius 2 is 0.759 bits per heavy atom. The van der Waals surface area contributed by atoms with Crippen LogP contribution in [-0.4, -0.2) is 8.80 Å². The lowest BCUT2D eigenvalue weighted by atomic mass is 9.86.